The van der Waals surface area contributed by atoms with E-state index in [9.17, 15) is 9.59 Å². The van der Waals surface area contributed by atoms with Crippen LogP contribution in [0.4, 0.5) is 0 Å². The summed E-state index contributed by atoms with van der Waals surface area (Å²) in [5.74, 6) is 0.00831. The van der Waals surface area contributed by atoms with Crippen molar-refractivity contribution >= 4 is 16.7 Å². The molecule has 0 bridgehead atoms. The molecule has 0 aliphatic heterocycles. The van der Waals surface area contributed by atoms with Crippen molar-refractivity contribution in [3.05, 3.63) is 64.0 Å². The third-order valence-corrected chi connectivity index (χ3v) is 3.71. The van der Waals surface area contributed by atoms with Gasteiger partial charge in [0.05, 0.1) is 29.4 Å². The minimum atomic E-state index is -0.505. The van der Waals surface area contributed by atoms with Crippen LogP contribution >= 0.6 is 0 Å². The second-order valence-corrected chi connectivity index (χ2v) is 5.12. The molecular formula is C17H15N3O3. The molecule has 0 unspecified atom stereocenters. The number of esters is 1. The highest BCUT2D eigenvalue weighted by molar-refractivity contribution is 6.05. The zero-order valence-corrected chi connectivity index (χ0v) is 13.0. The summed E-state index contributed by atoms with van der Waals surface area (Å²) in [5, 5.41) is 0.934. The highest BCUT2D eigenvalue weighted by atomic mass is 16.5. The van der Waals surface area contributed by atoms with Crippen molar-refractivity contribution < 1.29 is 9.53 Å². The summed E-state index contributed by atoms with van der Waals surface area (Å²) in [6.07, 6.45) is 3.23. The smallest absolute Gasteiger partial charge is 0.340 e. The van der Waals surface area contributed by atoms with Gasteiger partial charge in [0, 0.05) is 17.8 Å². The van der Waals surface area contributed by atoms with Crippen LogP contribution in [-0.2, 0) is 4.74 Å². The van der Waals surface area contributed by atoms with Gasteiger partial charge in [-0.05, 0) is 32.0 Å². The van der Waals surface area contributed by atoms with Crippen LogP contribution in [0, 0.1) is 13.8 Å². The number of methoxy groups -OCH3 is 1. The molecule has 0 aliphatic carbocycles. The lowest BCUT2D eigenvalue weighted by atomic mass is 10.0. The minimum absolute atomic E-state index is 0.267. The molecule has 0 atom stereocenters. The molecule has 6 heteroatoms. The lowest BCUT2D eigenvalue weighted by Gasteiger charge is -2.12. The van der Waals surface area contributed by atoms with Crippen LogP contribution in [0.15, 0.2) is 41.5 Å². The Hall–Kier alpha value is -3.02. The number of nitrogens with zero attached hydrogens (tertiary/aromatic N) is 3. The standard InChI is InChI=1S/C17H15N3O3/c1-10-14-12(15(11(2)19-10)17(22)23-3)7-9-20(16(14)21)13-6-4-5-8-18-13/h4-9H,1-3H3. The number of hydrogen-bond acceptors (Lipinski definition) is 5. The van der Waals surface area contributed by atoms with Crippen LogP contribution in [0.5, 0.6) is 0 Å². The van der Waals surface area contributed by atoms with Crippen LogP contribution in [0.3, 0.4) is 0 Å². The zero-order valence-electron chi connectivity index (χ0n) is 13.0. The van der Waals surface area contributed by atoms with E-state index in [2.05, 4.69) is 9.97 Å². The van der Waals surface area contributed by atoms with Crippen LogP contribution in [0.1, 0.15) is 21.7 Å². The molecule has 0 saturated heterocycles. The molecule has 0 aromatic carbocycles. The summed E-state index contributed by atoms with van der Waals surface area (Å²) >= 11 is 0. The highest BCUT2D eigenvalue weighted by Crippen LogP contribution is 2.22. The number of carbonyl (C=O) groups excluding carboxylic acids is 1. The van der Waals surface area contributed by atoms with Crippen LogP contribution in [-0.4, -0.2) is 27.6 Å². The van der Waals surface area contributed by atoms with Gasteiger partial charge in [0.15, 0.2) is 0 Å². The number of fused-ring (bicyclic) bond motifs is 1. The predicted molar refractivity (Wildman–Crippen MR) is 85.9 cm³/mol. The number of pyridine rings is 3. The van der Waals surface area contributed by atoms with Crippen molar-refractivity contribution in [3.8, 4) is 5.82 Å². The first-order valence-electron chi connectivity index (χ1n) is 7.07. The molecule has 23 heavy (non-hydrogen) atoms. The Morgan fingerprint density at radius 1 is 1.17 bits per heavy atom. The third-order valence-electron chi connectivity index (χ3n) is 3.71. The molecule has 3 rings (SSSR count). The van der Waals surface area contributed by atoms with E-state index in [1.54, 1.807) is 50.5 Å². The molecule has 0 aliphatic rings. The molecule has 0 radical (unpaired) electrons. The maximum absolute atomic E-state index is 12.9. The van der Waals surface area contributed by atoms with E-state index in [1.165, 1.54) is 11.7 Å². The van der Waals surface area contributed by atoms with Crippen molar-refractivity contribution in [1.29, 1.82) is 0 Å². The van der Waals surface area contributed by atoms with E-state index in [4.69, 9.17) is 4.74 Å². The molecule has 3 aromatic heterocycles. The van der Waals surface area contributed by atoms with E-state index < -0.39 is 5.97 Å². The van der Waals surface area contributed by atoms with E-state index in [0.29, 0.717) is 33.5 Å². The van der Waals surface area contributed by atoms with E-state index >= 15 is 0 Å². The van der Waals surface area contributed by atoms with Gasteiger partial charge >= 0.3 is 5.97 Å². The molecule has 3 heterocycles. The fourth-order valence-electron chi connectivity index (χ4n) is 2.69. The fraction of sp³-hybridized carbons (Fsp3) is 0.176. The zero-order chi connectivity index (χ0) is 16.6. The summed E-state index contributed by atoms with van der Waals surface area (Å²) in [7, 11) is 1.31. The molecule has 0 fully saturated rings. The summed E-state index contributed by atoms with van der Waals surface area (Å²) in [5.41, 5.74) is 1.16. The molecule has 0 amide bonds. The fourth-order valence-corrected chi connectivity index (χ4v) is 2.69. The van der Waals surface area contributed by atoms with E-state index in [-0.39, 0.29) is 5.56 Å². The second-order valence-electron chi connectivity index (χ2n) is 5.12. The molecule has 116 valence electrons. The number of aryl methyl sites for hydroxylation is 2. The highest BCUT2D eigenvalue weighted by Gasteiger charge is 2.19. The Balaban J connectivity index is 2.40. The largest absolute Gasteiger partial charge is 0.465 e. The number of aromatic nitrogens is 3. The van der Waals surface area contributed by atoms with Crippen molar-refractivity contribution in [2.45, 2.75) is 13.8 Å². The predicted octanol–water partition coefficient (Wildman–Crippen LogP) is 2.18. The van der Waals surface area contributed by atoms with Crippen LogP contribution < -0.4 is 5.56 Å². The second kappa shape index (κ2) is 5.64. The Morgan fingerprint density at radius 2 is 1.96 bits per heavy atom. The topological polar surface area (TPSA) is 74.1 Å². The minimum Gasteiger partial charge on any atom is -0.465 e. The number of carbonyl (C=O) groups is 1. The van der Waals surface area contributed by atoms with E-state index in [1.807, 2.05) is 0 Å². The summed E-state index contributed by atoms with van der Waals surface area (Å²) in [6.45, 7) is 3.48. The molecular weight excluding hydrogens is 294 g/mol. The monoisotopic (exact) mass is 309 g/mol. The average molecular weight is 309 g/mol. The molecule has 6 nitrogen and oxygen atoms in total. The summed E-state index contributed by atoms with van der Waals surface area (Å²) in [6, 6.07) is 7.05. The molecule has 0 spiro atoms. The lowest BCUT2D eigenvalue weighted by Crippen LogP contribution is -2.21. The number of rotatable bonds is 2. The first kappa shape index (κ1) is 14.9. The van der Waals surface area contributed by atoms with Crippen LogP contribution in [0.2, 0.25) is 0 Å². The first-order chi connectivity index (χ1) is 11.0. The maximum Gasteiger partial charge on any atom is 0.340 e. The van der Waals surface area contributed by atoms with Gasteiger partial charge in [-0.2, -0.15) is 0 Å². The number of hydrogen-bond donors (Lipinski definition) is 0. The van der Waals surface area contributed by atoms with Gasteiger partial charge in [0.2, 0.25) is 0 Å². The van der Waals surface area contributed by atoms with Gasteiger partial charge in [0.1, 0.15) is 5.82 Å². The summed E-state index contributed by atoms with van der Waals surface area (Å²) in [4.78, 5) is 33.4. The van der Waals surface area contributed by atoms with Crippen LogP contribution in [0.25, 0.3) is 16.6 Å². The van der Waals surface area contributed by atoms with Crippen molar-refractivity contribution in [2.75, 3.05) is 7.11 Å². The third kappa shape index (κ3) is 2.38. The Kier molecular flexibility index (Phi) is 3.65. The van der Waals surface area contributed by atoms with Crippen molar-refractivity contribution in [2.24, 2.45) is 0 Å². The quantitative estimate of drug-likeness (QED) is 0.678. The van der Waals surface area contributed by atoms with Gasteiger partial charge in [-0.15, -0.1) is 0 Å². The normalized spacial score (nSPS) is 10.7. The van der Waals surface area contributed by atoms with Gasteiger partial charge in [-0.25, -0.2) is 9.78 Å². The average Bonchev–Trinajstić information content (AvgIpc) is 2.55. The van der Waals surface area contributed by atoms with Crippen molar-refractivity contribution in [1.82, 2.24) is 14.5 Å². The molecule has 0 saturated carbocycles. The van der Waals surface area contributed by atoms with Gasteiger partial charge in [-0.1, -0.05) is 6.07 Å². The molecule has 0 N–H and O–H groups in total. The SMILES string of the molecule is COC(=O)c1c(C)nc(C)c2c(=O)n(-c3ccccn3)ccc12. The first-order valence-corrected chi connectivity index (χ1v) is 7.07. The lowest BCUT2D eigenvalue weighted by molar-refractivity contribution is 0.0601. The Bertz CT molecular complexity index is 962. The van der Waals surface area contributed by atoms with E-state index in [0.717, 1.165) is 0 Å². The van der Waals surface area contributed by atoms with Crippen molar-refractivity contribution in [3.63, 3.8) is 0 Å². The van der Waals surface area contributed by atoms with Gasteiger partial charge in [-0.3, -0.25) is 14.3 Å². The maximum atomic E-state index is 12.9. The summed E-state index contributed by atoms with van der Waals surface area (Å²) < 4.78 is 6.26. The molecule has 3 aromatic rings. The van der Waals surface area contributed by atoms with Gasteiger partial charge < -0.3 is 4.74 Å². The Labute approximate surface area is 132 Å². The number of ether oxygens (including phenoxy) is 1. The van der Waals surface area contributed by atoms with Gasteiger partial charge in [0.25, 0.3) is 5.56 Å². The Morgan fingerprint density at radius 3 is 2.61 bits per heavy atom.